The van der Waals surface area contributed by atoms with Crippen LogP contribution < -0.4 is 10.1 Å². The van der Waals surface area contributed by atoms with Gasteiger partial charge in [-0.05, 0) is 34.8 Å². The van der Waals surface area contributed by atoms with E-state index >= 15 is 0 Å². The third kappa shape index (κ3) is 3.49. The number of halogens is 1. The topological polar surface area (TPSA) is 21.3 Å². The summed E-state index contributed by atoms with van der Waals surface area (Å²) >= 11 is 3.49. The van der Waals surface area contributed by atoms with Crippen molar-refractivity contribution < 1.29 is 4.74 Å². The second kappa shape index (κ2) is 6.26. The lowest BCUT2D eigenvalue weighted by Gasteiger charge is -2.18. The van der Waals surface area contributed by atoms with E-state index < -0.39 is 0 Å². The Labute approximate surface area is 107 Å². The Morgan fingerprint density at radius 2 is 2.00 bits per heavy atom. The molecule has 1 aromatic rings. The zero-order chi connectivity index (χ0) is 12.1. The van der Waals surface area contributed by atoms with E-state index in [9.17, 15) is 0 Å². The van der Waals surface area contributed by atoms with Crippen molar-refractivity contribution in [2.45, 2.75) is 33.4 Å². The second-order valence-corrected chi connectivity index (χ2v) is 5.20. The Morgan fingerprint density at radius 3 is 2.56 bits per heavy atom. The standard InChI is InChI=1S/C13H20BrNO/c1-9(2)10(3)15-8-11-6-5-7-12(14)13(11)16-4/h5-7,9-10,15H,8H2,1-4H3. The van der Waals surface area contributed by atoms with Crippen molar-refractivity contribution >= 4 is 15.9 Å². The van der Waals surface area contributed by atoms with Gasteiger partial charge in [-0.1, -0.05) is 26.0 Å². The average Bonchev–Trinajstić information content (AvgIpc) is 2.25. The monoisotopic (exact) mass is 285 g/mol. The SMILES string of the molecule is COc1c(Br)cccc1CNC(C)C(C)C. The first-order valence-electron chi connectivity index (χ1n) is 5.61. The van der Waals surface area contributed by atoms with E-state index in [-0.39, 0.29) is 0 Å². The van der Waals surface area contributed by atoms with Crippen LogP contribution in [0.15, 0.2) is 22.7 Å². The van der Waals surface area contributed by atoms with Crippen LogP contribution in [0.5, 0.6) is 5.75 Å². The van der Waals surface area contributed by atoms with Crippen LogP contribution in [0.4, 0.5) is 0 Å². The Kier molecular flexibility index (Phi) is 5.29. The molecule has 0 saturated heterocycles. The molecule has 0 radical (unpaired) electrons. The molecule has 0 bridgehead atoms. The molecular weight excluding hydrogens is 266 g/mol. The minimum Gasteiger partial charge on any atom is -0.495 e. The van der Waals surface area contributed by atoms with Crippen molar-refractivity contribution in [2.24, 2.45) is 5.92 Å². The van der Waals surface area contributed by atoms with E-state index in [1.165, 1.54) is 5.56 Å². The first kappa shape index (κ1) is 13.5. The lowest BCUT2D eigenvalue weighted by Crippen LogP contribution is -2.30. The van der Waals surface area contributed by atoms with Crippen molar-refractivity contribution in [1.29, 1.82) is 0 Å². The van der Waals surface area contributed by atoms with Gasteiger partial charge in [0.05, 0.1) is 11.6 Å². The Hall–Kier alpha value is -0.540. The van der Waals surface area contributed by atoms with Crippen LogP contribution in [0.1, 0.15) is 26.3 Å². The third-order valence-corrected chi connectivity index (χ3v) is 3.49. The minimum absolute atomic E-state index is 0.503. The number of ether oxygens (including phenoxy) is 1. The van der Waals surface area contributed by atoms with Gasteiger partial charge in [0.15, 0.2) is 0 Å². The van der Waals surface area contributed by atoms with Crippen molar-refractivity contribution in [2.75, 3.05) is 7.11 Å². The molecule has 1 N–H and O–H groups in total. The van der Waals surface area contributed by atoms with Crippen LogP contribution in [-0.4, -0.2) is 13.2 Å². The predicted molar refractivity (Wildman–Crippen MR) is 71.8 cm³/mol. The van der Waals surface area contributed by atoms with Crippen LogP contribution in [0, 0.1) is 5.92 Å². The van der Waals surface area contributed by atoms with E-state index in [1.807, 2.05) is 12.1 Å². The summed E-state index contributed by atoms with van der Waals surface area (Å²) in [5.74, 6) is 1.56. The van der Waals surface area contributed by atoms with Gasteiger partial charge in [-0.25, -0.2) is 0 Å². The minimum atomic E-state index is 0.503. The molecule has 0 aliphatic carbocycles. The predicted octanol–water partition coefficient (Wildman–Crippen LogP) is 3.59. The van der Waals surface area contributed by atoms with E-state index in [2.05, 4.69) is 48.1 Å². The van der Waals surface area contributed by atoms with Gasteiger partial charge in [0, 0.05) is 18.2 Å². The van der Waals surface area contributed by atoms with Crippen LogP contribution in [0.25, 0.3) is 0 Å². The third-order valence-electron chi connectivity index (χ3n) is 2.87. The van der Waals surface area contributed by atoms with E-state index in [4.69, 9.17) is 4.74 Å². The van der Waals surface area contributed by atoms with Crippen molar-refractivity contribution in [3.63, 3.8) is 0 Å². The van der Waals surface area contributed by atoms with Gasteiger partial charge in [-0.15, -0.1) is 0 Å². The maximum absolute atomic E-state index is 5.38. The molecule has 90 valence electrons. The number of benzene rings is 1. The molecule has 1 aromatic carbocycles. The molecule has 0 aromatic heterocycles. The summed E-state index contributed by atoms with van der Waals surface area (Å²) in [5.41, 5.74) is 1.18. The van der Waals surface area contributed by atoms with Gasteiger partial charge in [0.2, 0.25) is 0 Å². The lowest BCUT2D eigenvalue weighted by atomic mass is 10.1. The summed E-state index contributed by atoms with van der Waals surface area (Å²) < 4.78 is 6.39. The molecule has 0 spiro atoms. The van der Waals surface area contributed by atoms with Crippen molar-refractivity contribution in [3.05, 3.63) is 28.2 Å². The molecule has 0 fully saturated rings. The van der Waals surface area contributed by atoms with Crippen LogP contribution >= 0.6 is 15.9 Å². The average molecular weight is 286 g/mol. The number of hydrogen-bond donors (Lipinski definition) is 1. The fourth-order valence-electron chi connectivity index (χ4n) is 1.43. The number of nitrogens with one attached hydrogen (secondary N) is 1. The molecule has 16 heavy (non-hydrogen) atoms. The van der Waals surface area contributed by atoms with Crippen LogP contribution in [0.3, 0.4) is 0 Å². The normalized spacial score (nSPS) is 12.9. The van der Waals surface area contributed by atoms with Gasteiger partial charge in [0.1, 0.15) is 5.75 Å². The fourth-order valence-corrected chi connectivity index (χ4v) is 2.00. The smallest absolute Gasteiger partial charge is 0.137 e. The molecule has 2 nitrogen and oxygen atoms in total. The Bertz CT molecular complexity index is 339. The quantitative estimate of drug-likeness (QED) is 0.893. The van der Waals surface area contributed by atoms with Gasteiger partial charge < -0.3 is 10.1 Å². The molecule has 1 rings (SSSR count). The highest BCUT2D eigenvalue weighted by Gasteiger charge is 2.10. The molecule has 0 amide bonds. The van der Waals surface area contributed by atoms with Crippen LogP contribution in [-0.2, 0) is 6.54 Å². The second-order valence-electron chi connectivity index (χ2n) is 4.35. The fraction of sp³-hybridized carbons (Fsp3) is 0.538. The molecule has 3 heteroatoms. The van der Waals surface area contributed by atoms with Crippen LogP contribution in [0.2, 0.25) is 0 Å². The molecule has 1 atom stereocenters. The number of hydrogen-bond acceptors (Lipinski definition) is 2. The maximum atomic E-state index is 5.38. The van der Waals surface area contributed by atoms with Gasteiger partial charge in [-0.3, -0.25) is 0 Å². The van der Waals surface area contributed by atoms with E-state index in [0.29, 0.717) is 12.0 Å². The largest absolute Gasteiger partial charge is 0.495 e. The summed E-state index contributed by atoms with van der Waals surface area (Å²) in [6, 6.07) is 6.62. The van der Waals surface area contributed by atoms with E-state index in [1.54, 1.807) is 7.11 Å². The Morgan fingerprint density at radius 1 is 1.31 bits per heavy atom. The van der Waals surface area contributed by atoms with Crippen molar-refractivity contribution in [3.8, 4) is 5.75 Å². The highest BCUT2D eigenvalue weighted by atomic mass is 79.9. The summed E-state index contributed by atoms with van der Waals surface area (Å²) in [6.07, 6.45) is 0. The highest BCUT2D eigenvalue weighted by molar-refractivity contribution is 9.10. The summed E-state index contributed by atoms with van der Waals surface area (Å²) in [4.78, 5) is 0. The van der Waals surface area contributed by atoms with Gasteiger partial charge in [-0.2, -0.15) is 0 Å². The molecule has 0 aliphatic rings. The Balaban J connectivity index is 2.70. The molecule has 1 unspecified atom stereocenters. The molecule has 0 saturated carbocycles. The summed E-state index contributed by atoms with van der Waals surface area (Å²) in [7, 11) is 1.70. The molecule has 0 aliphatic heterocycles. The number of para-hydroxylation sites is 1. The maximum Gasteiger partial charge on any atom is 0.137 e. The zero-order valence-electron chi connectivity index (χ0n) is 10.4. The van der Waals surface area contributed by atoms with E-state index in [0.717, 1.165) is 16.8 Å². The first-order chi connectivity index (χ1) is 7.56. The van der Waals surface area contributed by atoms with Gasteiger partial charge >= 0.3 is 0 Å². The number of rotatable bonds is 5. The van der Waals surface area contributed by atoms with Crippen molar-refractivity contribution in [1.82, 2.24) is 5.32 Å². The zero-order valence-corrected chi connectivity index (χ0v) is 12.0. The highest BCUT2D eigenvalue weighted by Crippen LogP contribution is 2.28. The number of methoxy groups -OCH3 is 1. The van der Waals surface area contributed by atoms with Gasteiger partial charge in [0.25, 0.3) is 0 Å². The molecule has 0 heterocycles. The lowest BCUT2D eigenvalue weighted by molar-refractivity contribution is 0.393. The first-order valence-corrected chi connectivity index (χ1v) is 6.40. The summed E-state index contributed by atoms with van der Waals surface area (Å²) in [6.45, 7) is 7.47. The summed E-state index contributed by atoms with van der Waals surface area (Å²) in [5, 5.41) is 3.50. The molecular formula is C13H20BrNO.